The molecule has 1 heterocycles. The number of methoxy groups -OCH3 is 1. The van der Waals surface area contributed by atoms with Gasteiger partial charge >= 0.3 is 6.09 Å². The van der Waals surface area contributed by atoms with Crippen LogP contribution in [-0.2, 0) is 4.74 Å². The van der Waals surface area contributed by atoms with Gasteiger partial charge in [-0.25, -0.2) is 4.79 Å². The lowest BCUT2D eigenvalue weighted by Crippen LogP contribution is -2.26. The smallest absolute Gasteiger partial charge is 0.419 e. The number of benzene rings is 1. The highest BCUT2D eigenvalue weighted by molar-refractivity contribution is 9.10. The molecule has 0 unspecified atom stereocenters. The molecule has 2 aromatic rings. The SMILES string of the molecule is CC(C)(C)OC(=O)n1cc(Br)c2c(O[13CH3])cccc21. The molecule has 1 aromatic heterocycles. The second kappa shape index (κ2) is 4.89. The van der Waals surface area contributed by atoms with Gasteiger partial charge in [0.05, 0.1) is 18.0 Å². The van der Waals surface area contributed by atoms with Gasteiger partial charge in [0.2, 0.25) is 0 Å². The summed E-state index contributed by atoms with van der Waals surface area (Å²) >= 11 is 3.45. The van der Waals surface area contributed by atoms with Crippen molar-refractivity contribution >= 4 is 32.9 Å². The summed E-state index contributed by atoms with van der Waals surface area (Å²) in [6.45, 7) is 5.52. The number of carbonyl (C=O) groups excluding carboxylic acids is 1. The number of halogens is 1. The summed E-state index contributed by atoms with van der Waals surface area (Å²) in [7, 11) is 1.60. The van der Waals surface area contributed by atoms with Gasteiger partial charge in [-0.15, -0.1) is 0 Å². The molecule has 2 rings (SSSR count). The molecule has 4 nitrogen and oxygen atoms in total. The maximum Gasteiger partial charge on any atom is 0.419 e. The van der Waals surface area contributed by atoms with Gasteiger partial charge in [0, 0.05) is 10.7 Å². The average molecular weight is 327 g/mol. The van der Waals surface area contributed by atoms with Crippen LogP contribution >= 0.6 is 15.9 Å². The fourth-order valence-electron chi connectivity index (χ4n) is 1.84. The zero-order valence-corrected chi connectivity index (χ0v) is 12.9. The molecule has 5 heteroatoms. The third-order valence-electron chi connectivity index (χ3n) is 2.56. The molecule has 0 saturated heterocycles. The molecule has 0 atom stereocenters. The number of hydrogen-bond donors (Lipinski definition) is 0. The van der Waals surface area contributed by atoms with Crippen molar-refractivity contribution in [1.29, 1.82) is 0 Å². The fraction of sp³-hybridized carbons (Fsp3) is 0.357. The van der Waals surface area contributed by atoms with E-state index in [4.69, 9.17) is 9.47 Å². The summed E-state index contributed by atoms with van der Waals surface area (Å²) in [5.74, 6) is 0.715. The highest BCUT2D eigenvalue weighted by atomic mass is 79.9. The molecule has 0 fully saturated rings. The van der Waals surface area contributed by atoms with Gasteiger partial charge < -0.3 is 9.47 Å². The minimum Gasteiger partial charge on any atom is -0.496 e. The van der Waals surface area contributed by atoms with Crippen LogP contribution in [0.2, 0.25) is 0 Å². The molecule has 0 saturated carbocycles. The molecule has 0 bridgehead atoms. The number of nitrogens with zero attached hydrogens (tertiary/aromatic N) is 1. The Bertz CT molecular complexity index is 625. The van der Waals surface area contributed by atoms with Gasteiger partial charge in [-0.1, -0.05) is 6.07 Å². The van der Waals surface area contributed by atoms with E-state index >= 15 is 0 Å². The van der Waals surface area contributed by atoms with E-state index in [2.05, 4.69) is 15.9 Å². The largest absolute Gasteiger partial charge is 0.496 e. The van der Waals surface area contributed by atoms with E-state index in [1.54, 1.807) is 13.3 Å². The van der Waals surface area contributed by atoms with Crippen LogP contribution in [0.4, 0.5) is 4.79 Å². The fourth-order valence-corrected chi connectivity index (χ4v) is 2.44. The van der Waals surface area contributed by atoms with Crippen molar-refractivity contribution in [2.45, 2.75) is 26.4 Å². The lowest BCUT2D eigenvalue weighted by atomic mass is 10.2. The minimum absolute atomic E-state index is 0.406. The third kappa shape index (κ3) is 2.76. The summed E-state index contributed by atoms with van der Waals surface area (Å²) in [5, 5.41) is 0.857. The molecule has 19 heavy (non-hydrogen) atoms. The molecule has 0 aliphatic rings. The topological polar surface area (TPSA) is 40.5 Å². The van der Waals surface area contributed by atoms with E-state index in [-0.39, 0.29) is 0 Å². The van der Waals surface area contributed by atoms with Gasteiger partial charge in [0.15, 0.2) is 0 Å². The maximum atomic E-state index is 12.2. The minimum atomic E-state index is -0.529. The number of carbonyl (C=O) groups is 1. The molecule has 102 valence electrons. The predicted molar refractivity (Wildman–Crippen MR) is 77.8 cm³/mol. The molecule has 0 aliphatic heterocycles. The molecule has 0 spiro atoms. The van der Waals surface area contributed by atoms with Crippen molar-refractivity contribution in [3.05, 3.63) is 28.9 Å². The van der Waals surface area contributed by atoms with E-state index in [0.717, 1.165) is 15.4 Å². The quantitative estimate of drug-likeness (QED) is 0.737. The summed E-state index contributed by atoms with van der Waals surface area (Å²) in [6.07, 6.45) is 1.29. The van der Waals surface area contributed by atoms with Crippen molar-refractivity contribution in [1.82, 2.24) is 4.57 Å². The second-order valence-corrected chi connectivity index (χ2v) is 6.04. The molecule has 0 radical (unpaired) electrons. The third-order valence-corrected chi connectivity index (χ3v) is 3.16. The van der Waals surface area contributed by atoms with E-state index in [9.17, 15) is 4.79 Å². The second-order valence-electron chi connectivity index (χ2n) is 5.18. The van der Waals surface area contributed by atoms with E-state index < -0.39 is 11.7 Å². The van der Waals surface area contributed by atoms with Crippen LogP contribution in [0, 0.1) is 0 Å². The Morgan fingerprint density at radius 3 is 2.58 bits per heavy atom. The standard InChI is InChI=1S/C14H16BrNO3/c1-14(2,3)19-13(17)16-8-9(15)12-10(16)6-5-7-11(12)18-4/h5-8H,1-4H3/i4+1. The Labute approximate surface area is 120 Å². The van der Waals surface area contributed by atoms with Gasteiger partial charge in [0.1, 0.15) is 11.4 Å². The van der Waals surface area contributed by atoms with Crippen LogP contribution in [0.5, 0.6) is 5.75 Å². The Kier molecular flexibility index (Phi) is 3.58. The normalized spacial score (nSPS) is 11.6. The number of hydrogen-bond acceptors (Lipinski definition) is 3. The molecule has 1 aromatic carbocycles. The molecule has 0 N–H and O–H groups in total. The van der Waals surface area contributed by atoms with E-state index in [1.807, 2.05) is 39.0 Å². The first kappa shape index (κ1) is 13.9. The lowest BCUT2D eigenvalue weighted by molar-refractivity contribution is 0.0544. The Hall–Kier alpha value is -1.49. The van der Waals surface area contributed by atoms with Crippen molar-refractivity contribution in [3.8, 4) is 5.75 Å². The number of rotatable bonds is 1. The van der Waals surface area contributed by atoms with Crippen LogP contribution in [0.25, 0.3) is 10.9 Å². The van der Waals surface area contributed by atoms with Crippen LogP contribution in [-0.4, -0.2) is 23.4 Å². The Morgan fingerprint density at radius 2 is 2.00 bits per heavy atom. The number of aromatic nitrogens is 1. The zero-order chi connectivity index (χ0) is 14.2. The lowest BCUT2D eigenvalue weighted by Gasteiger charge is -2.19. The zero-order valence-electron chi connectivity index (χ0n) is 11.4. The van der Waals surface area contributed by atoms with E-state index in [0.29, 0.717) is 5.75 Å². The van der Waals surface area contributed by atoms with Crippen molar-refractivity contribution in [3.63, 3.8) is 0 Å². The molecular weight excluding hydrogens is 311 g/mol. The van der Waals surface area contributed by atoms with Crippen LogP contribution in [0.1, 0.15) is 20.8 Å². The first-order valence-electron chi connectivity index (χ1n) is 5.90. The number of ether oxygens (including phenoxy) is 2. The van der Waals surface area contributed by atoms with Crippen molar-refractivity contribution in [2.24, 2.45) is 0 Å². The van der Waals surface area contributed by atoms with Gasteiger partial charge in [0.25, 0.3) is 0 Å². The van der Waals surface area contributed by atoms with Crippen LogP contribution in [0.3, 0.4) is 0 Å². The number of fused-ring (bicyclic) bond motifs is 1. The summed E-state index contributed by atoms with van der Waals surface area (Å²) < 4.78 is 13.0. The molecule has 0 aliphatic carbocycles. The Morgan fingerprint density at radius 1 is 1.32 bits per heavy atom. The summed E-state index contributed by atoms with van der Waals surface area (Å²) in [4.78, 5) is 12.2. The Balaban J connectivity index is 2.54. The van der Waals surface area contributed by atoms with Gasteiger partial charge in [-0.2, -0.15) is 0 Å². The van der Waals surface area contributed by atoms with Gasteiger partial charge in [-0.3, -0.25) is 4.57 Å². The van der Waals surface area contributed by atoms with Crippen LogP contribution in [0.15, 0.2) is 28.9 Å². The monoisotopic (exact) mass is 326 g/mol. The highest BCUT2D eigenvalue weighted by Crippen LogP contribution is 2.34. The molecule has 0 amide bonds. The van der Waals surface area contributed by atoms with Crippen LogP contribution < -0.4 is 4.74 Å². The van der Waals surface area contributed by atoms with Crippen molar-refractivity contribution in [2.75, 3.05) is 7.11 Å². The van der Waals surface area contributed by atoms with E-state index in [1.165, 1.54) is 4.57 Å². The summed E-state index contributed by atoms with van der Waals surface area (Å²) in [5.41, 5.74) is 0.222. The molecular formula is C14H16BrNO3. The first-order chi connectivity index (χ1) is 8.83. The first-order valence-corrected chi connectivity index (χ1v) is 6.69. The van der Waals surface area contributed by atoms with Gasteiger partial charge in [-0.05, 0) is 48.8 Å². The maximum absolute atomic E-state index is 12.2. The highest BCUT2D eigenvalue weighted by Gasteiger charge is 2.21. The van der Waals surface area contributed by atoms with Crippen molar-refractivity contribution < 1.29 is 14.3 Å². The average Bonchev–Trinajstić information content (AvgIpc) is 2.65. The predicted octanol–water partition coefficient (Wildman–Crippen LogP) is 4.20. The summed E-state index contributed by atoms with van der Waals surface area (Å²) in [6, 6.07) is 5.55.